The molecule has 1 aromatic rings. The Hall–Kier alpha value is -0.720. The molecule has 1 saturated carbocycles. The molecule has 0 atom stereocenters. The maximum Gasteiger partial charge on any atom is 0.212 e. The van der Waals surface area contributed by atoms with Crippen molar-refractivity contribution in [3.05, 3.63) is 24.3 Å². The summed E-state index contributed by atoms with van der Waals surface area (Å²) >= 11 is 1.51. The number of benzene rings is 1. The highest BCUT2D eigenvalue weighted by molar-refractivity contribution is 8.00. The second kappa shape index (κ2) is 5.95. The minimum Gasteiger partial charge on any atom is -0.399 e. The molecule has 20 heavy (non-hydrogen) atoms. The lowest BCUT2D eigenvalue weighted by atomic mass is 10.0. The van der Waals surface area contributed by atoms with E-state index in [-0.39, 0.29) is 11.3 Å². The molecule has 0 unspecified atom stereocenters. The lowest BCUT2D eigenvalue weighted by Gasteiger charge is -2.25. The molecule has 3 N–H and O–H groups in total. The summed E-state index contributed by atoms with van der Waals surface area (Å²) in [5, 5.41) is 0. The van der Waals surface area contributed by atoms with E-state index in [0.717, 1.165) is 17.7 Å². The Labute approximate surface area is 125 Å². The number of nitrogens with two attached hydrogens (primary N) is 1. The largest absolute Gasteiger partial charge is 0.399 e. The summed E-state index contributed by atoms with van der Waals surface area (Å²) in [5.41, 5.74) is 6.08. The summed E-state index contributed by atoms with van der Waals surface area (Å²) in [6, 6.07) is 7.50. The van der Waals surface area contributed by atoms with E-state index in [2.05, 4.69) is 4.72 Å². The van der Waals surface area contributed by atoms with Crippen LogP contribution in [-0.2, 0) is 10.0 Å². The topological polar surface area (TPSA) is 72.2 Å². The molecular formula is C14H22N2O2S2. The van der Waals surface area contributed by atoms with Gasteiger partial charge in [-0.3, -0.25) is 0 Å². The van der Waals surface area contributed by atoms with Crippen LogP contribution in [0.2, 0.25) is 0 Å². The van der Waals surface area contributed by atoms with Crippen molar-refractivity contribution < 1.29 is 8.42 Å². The van der Waals surface area contributed by atoms with Gasteiger partial charge in [-0.15, -0.1) is 11.8 Å². The van der Waals surface area contributed by atoms with Crippen LogP contribution in [0.15, 0.2) is 29.2 Å². The van der Waals surface area contributed by atoms with Crippen molar-refractivity contribution in [3.63, 3.8) is 0 Å². The third-order valence-electron chi connectivity index (χ3n) is 3.50. The zero-order chi connectivity index (χ0) is 14.8. The van der Waals surface area contributed by atoms with Crippen LogP contribution < -0.4 is 10.5 Å². The molecular weight excluding hydrogens is 292 g/mol. The molecule has 2 rings (SSSR count). The summed E-state index contributed by atoms with van der Waals surface area (Å²) in [6.45, 7) is 3.93. The summed E-state index contributed by atoms with van der Waals surface area (Å²) in [5.74, 6) is 1.14. The highest BCUT2D eigenvalue weighted by Gasteiger charge is 2.40. The number of anilines is 1. The van der Waals surface area contributed by atoms with Crippen LogP contribution in [0.4, 0.5) is 5.69 Å². The molecule has 1 fully saturated rings. The predicted molar refractivity (Wildman–Crippen MR) is 85.3 cm³/mol. The fraction of sp³-hybridized carbons (Fsp3) is 0.571. The number of sulfonamides is 1. The lowest BCUT2D eigenvalue weighted by molar-refractivity contribution is 0.401. The van der Waals surface area contributed by atoms with Crippen LogP contribution in [0.25, 0.3) is 0 Å². The number of hydrogen-bond donors (Lipinski definition) is 2. The summed E-state index contributed by atoms with van der Waals surface area (Å²) in [7, 11) is -3.23. The van der Waals surface area contributed by atoms with Gasteiger partial charge in [-0.2, -0.15) is 0 Å². The molecule has 1 aliphatic rings. The average molecular weight is 314 g/mol. The average Bonchev–Trinajstić information content (AvgIpc) is 3.10. The van der Waals surface area contributed by atoms with Gasteiger partial charge in [0.25, 0.3) is 0 Å². The van der Waals surface area contributed by atoms with Crippen LogP contribution in [0.1, 0.15) is 26.7 Å². The molecule has 112 valence electrons. The first-order chi connectivity index (χ1) is 9.28. The standard InChI is InChI=1S/C14H22N2O2S2/c1-14(2,11-6-7-11)16-20(17,18)9-8-19-13-5-3-4-12(15)10-13/h3-5,10-11,16H,6-9,15H2,1-2H3. The SMILES string of the molecule is CC(C)(NS(=O)(=O)CCSc1cccc(N)c1)C1CC1. The first kappa shape index (κ1) is 15.7. The van der Waals surface area contributed by atoms with Crippen molar-refractivity contribution in [1.82, 2.24) is 4.72 Å². The predicted octanol–water partition coefficient (Wildman–Crippen LogP) is 2.47. The van der Waals surface area contributed by atoms with Crippen LogP contribution in [0.5, 0.6) is 0 Å². The van der Waals surface area contributed by atoms with Gasteiger partial charge in [-0.1, -0.05) is 6.07 Å². The highest BCUT2D eigenvalue weighted by Crippen LogP contribution is 2.39. The van der Waals surface area contributed by atoms with Crippen molar-refractivity contribution in [3.8, 4) is 0 Å². The Morgan fingerprint density at radius 3 is 2.70 bits per heavy atom. The van der Waals surface area contributed by atoms with Crippen molar-refractivity contribution in [2.75, 3.05) is 17.2 Å². The maximum absolute atomic E-state index is 12.1. The second-order valence-corrected chi connectivity index (χ2v) is 8.85. The van der Waals surface area contributed by atoms with Crippen molar-refractivity contribution in [2.24, 2.45) is 5.92 Å². The van der Waals surface area contributed by atoms with Gasteiger partial charge in [-0.05, 0) is 50.8 Å². The van der Waals surface area contributed by atoms with Crippen molar-refractivity contribution >= 4 is 27.5 Å². The lowest BCUT2D eigenvalue weighted by Crippen LogP contribution is -2.46. The molecule has 0 saturated heterocycles. The van der Waals surface area contributed by atoms with Gasteiger partial charge in [0, 0.05) is 21.9 Å². The number of thioether (sulfide) groups is 1. The van der Waals surface area contributed by atoms with E-state index < -0.39 is 10.0 Å². The number of nitrogens with one attached hydrogen (secondary N) is 1. The Bertz CT molecular complexity index is 566. The number of hydrogen-bond acceptors (Lipinski definition) is 4. The molecule has 0 aromatic heterocycles. The van der Waals surface area contributed by atoms with Crippen LogP contribution in [-0.4, -0.2) is 25.5 Å². The van der Waals surface area contributed by atoms with Gasteiger partial charge < -0.3 is 5.73 Å². The molecule has 1 aromatic carbocycles. The molecule has 0 heterocycles. The normalized spacial score (nSPS) is 16.3. The molecule has 0 radical (unpaired) electrons. The van der Waals surface area contributed by atoms with Gasteiger partial charge in [0.2, 0.25) is 10.0 Å². The van der Waals surface area contributed by atoms with Gasteiger partial charge in [0.1, 0.15) is 0 Å². The van der Waals surface area contributed by atoms with E-state index in [1.54, 1.807) is 0 Å². The first-order valence-corrected chi connectivity index (χ1v) is 9.42. The van der Waals surface area contributed by atoms with Crippen molar-refractivity contribution in [2.45, 2.75) is 37.1 Å². The number of nitrogen functional groups attached to an aromatic ring is 1. The van der Waals surface area contributed by atoms with E-state index in [4.69, 9.17) is 5.73 Å². The van der Waals surface area contributed by atoms with Gasteiger partial charge in [0.15, 0.2) is 0 Å². The van der Waals surface area contributed by atoms with E-state index in [0.29, 0.717) is 17.4 Å². The van der Waals surface area contributed by atoms with Crippen LogP contribution in [0, 0.1) is 5.92 Å². The number of rotatable bonds is 7. The van der Waals surface area contributed by atoms with Gasteiger partial charge in [0.05, 0.1) is 5.75 Å². The Morgan fingerprint density at radius 2 is 2.10 bits per heavy atom. The zero-order valence-electron chi connectivity index (χ0n) is 11.9. The summed E-state index contributed by atoms with van der Waals surface area (Å²) in [6.07, 6.45) is 2.24. The first-order valence-electron chi connectivity index (χ1n) is 6.78. The fourth-order valence-corrected chi connectivity index (χ4v) is 5.12. The monoisotopic (exact) mass is 314 g/mol. The molecule has 0 aliphatic heterocycles. The molecule has 6 heteroatoms. The Morgan fingerprint density at radius 1 is 1.40 bits per heavy atom. The van der Waals surface area contributed by atoms with E-state index in [1.165, 1.54) is 11.8 Å². The van der Waals surface area contributed by atoms with Crippen molar-refractivity contribution in [1.29, 1.82) is 0 Å². The molecule has 0 amide bonds. The fourth-order valence-electron chi connectivity index (χ4n) is 2.21. The summed E-state index contributed by atoms with van der Waals surface area (Å²) < 4.78 is 27.0. The molecule has 0 bridgehead atoms. The Kier molecular flexibility index (Phi) is 4.66. The van der Waals surface area contributed by atoms with Gasteiger partial charge in [-0.25, -0.2) is 13.1 Å². The van der Waals surface area contributed by atoms with E-state index in [9.17, 15) is 8.42 Å². The second-order valence-electron chi connectivity index (χ2n) is 5.84. The van der Waals surface area contributed by atoms with E-state index in [1.807, 2.05) is 38.1 Å². The minimum absolute atomic E-state index is 0.128. The maximum atomic E-state index is 12.1. The van der Waals surface area contributed by atoms with Crippen LogP contribution in [0.3, 0.4) is 0 Å². The quantitative estimate of drug-likeness (QED) is 0.599. The van der Waals surface area contributed by atoms with Gasteiger partial charge >= 0.3 is 0 Å². The smallest absolute Gasteiger partial charge is 0.212 e. The molecule has 4 nitrogen and oxygen atoms in total. The zero-order valence-corrected chi connectivity index (χ0v) is 13.6. The van der Waals surface area contributed by atoms with Crippen LogP contribution >= 0.6 is 11.8 Å². The minimum atomic E-state index is -3.23. The third-order valence-corrected chi connectivity index (χ3v) is 6.33. The summed E-state index contributed by atoms with van der Waals surface area (Å²) in [4.78, 5) is 1.00. The molecule has 0 spiro atoms. The molecule has 1 aliphatic carbocycles. The highest BCUT2D eigenvalue weighted by atomic mass is 32.2. The Balaban J connectivity index is 1.83. The third kappa shape index (κ3) is 4.68. The van der Waals surface area contributed by atoms with E-state index >= 15 is 0 Å².